The van der Waals surface area contributed by atoms with Crippen LogP contribution in [0.4, 0.5) is 38.1 Å². The van der Waals surface area contributed by atoms with E-state index in [2.05, 4.69) is 40.1 Å². The largest absolute Gasteiger partial charge is 0.495 e. The lowest BCUT2D eigenvalue weighted by Gasteiger charge is -2.63. The summed E-state index contributed by atoms with van der Waals surface area (Å²) in [6.07, 6.45) is -6.09. The normalized spacial score (nSPS) is 27.5. The number of amides is 3. The molecule has 3 aromatic rings. The fourth-order valence-corrected chi connectivity index (χ4v) is 9.21. The lowest BCUT2D eigenvalue weighted by atomic mass is 9.45. The zero-order chi connectivity index (χ0) is 41.2. The van der Waals surface area contributed by atoms with Gasteiger partial charge in [0.05, 0.1) is 47.7 Å². The van der Waals surface area contributed by atoms with Crippen LogP contribution in [-0.4, -0.2) is 59.8 Å². The first-order chi connectivity index (χ1) is 26.7. The summed E-state index contributed by atoms with van der Waals surface area (Å²) in [5, 5.41) is 11.3. The molecule has 1 saturated heterocycles. The molecule has 3 saturated carbocycles. The molecule has 5 aliphatic rings. The van der Waals surface area contributed by atoms with Gasteiger partial charge in [-0.15, -0.1) is 0 Å². The van der Waals surface area contributed by atoms with Gasteiger partial charge in [-0.25, -0.2) is 18.6 Å². The van der Waals surface area contributed by atoms with Crippen LogP contribution in [0.2, 0.25) is 5.02 Å². The van der Waals surface area contributed by atoms with Gasteiger partial charge in [0.25, 0.3) is 5.56 Å². The number of halogens is 6. The minimum absolute atomic E-state index is 0.0138. The molecule has 57 heavy (non-hydrogen) atoms. The predicted molar refractivity (Wildman–Crippen MR) is 201 cm³/mol. The predicted octanol–water partition coefficient (Wildman–Crippen LogP) is 6.93. The van der Waals surface area contributed by atoms with Crippen LogP contribution in [0.15, 0.2) is 53.5 Å². The molecule has 19 heteroatoms. The van der Waals surface area contributed by atoms with E-state index in [9.17, 15) is 36.3 Å². The van der Waals surface area contributed by atoms with Gasteiger partial charge in [-0.3, -0.25) is 14.2 Å². The second-order valence-corrected chi connectivity index (χ2v) is 16.8. The first kappa shape index (κ1) is 40.8. The number of nitrogens with zero attached hydrogens (tertiary/aromatic N) is 2. The molecule has 2 aliphatic heterocycles. The van der Waals surface area contributed by atoms with Crippen LogP contribution in [-0.2, 0) is 32.4 Å². The molecule has 0 radical (unpaired) electrons. The Labute approximate surface area is 330 Å². The Morgan fingerprint density at radius 2 is 1.86 bits per heavy atom. The third-order valence-electron chi connectivity index (χ3n) is 12.2. The molecule has 1 aromatic heterocycles. The van der Waals surface area contributed by atoms with Gasteiger partial charge in [0.15, 0.2) is 0 Å². The van der Waals surface area contributed by atoms with Gasteiger partial charge in [0.1, 0.15) is 23.3 Å². The minimum atomic E-state index is -4.59. The Balaban J connectivity index is 1.18. The maximum absolute atomic E-state index is 14.3. The van der Waals surface area contributed by atoms with Crippen LogP contribution in [0.5, 0.6) is 5.75 Å². The topological polar surface area (TPSA) is 145 Å². The summed E-state index contributed by atoms with van der Waals surface area (Å²) in [6, 6.07) is 6.95. The van der Waals surface area contributed by atoms with Gasteiger partial charge >= 0.3 is 19.3 Å². The van der Waals surface area contributed by atoms with Gasteiger partial charge in [0, 0.05) is 24.4 Å². The number of ether oxygens (including phenoxy) is 1. The molecule has 2 unspecified atom stereocenters. The maximum atomic E-state index is 14.3. The van der Waals surface area contributed by atoms with Gasteiger partial charge in [0.2, 0.25) is 12.3 Å². The molecule has 3 amide bonds. The van der Waals surface area contributed by atoms with E-state index < -0.39 is 72.3 Å². The molecule has 306 valence electrons. The summed E-state index contributed by atoms with van der Waals surface area (Å²) in [5.74, 6) is -1.36. The fraction of sp³-hybridized carbons (Fsp3) is 0.526. The molecule has 4 fully saturated rings. The number of benzene rings is 2. The van der Waals surface area contributed by atoms with Crippen molar-refractivity contribution in [3.63, 3.8) is 0 Å². The summed E-state index contributed by atoms with van der Waals surface area (Å²) in [6.45, 7) is 7.55. The fourth-order valence-electron chi connectivity index (χ4n) is 9.04. The van der Waals surface area contributed by atoms with Crippen molar-refractivity contribution in [3.8, 4) is 5.75 Å². The molecule has 2 bridgehead atoms. The van der Waals surface area contributed by atoms with Gasteiger partial charge in [-0.1, -0.05) is 37.6 Å². The highest BCUT2D eigenvalue weighted by Gasteiger charge is 2.67. The molecule has 12 nitrogen and oxygen atoms in total. The molecule has 8 rings (SSSR count). The number of methoxy groups -OCH3 is 1. The first-order valence-corrected chi connectivity index (χ1v) is 19.0. The highest BCUT2D eigenvalue weighted by molar-refractivity contribution is 6.48. The number of hydrogen-bond acceptors (Lipinski definition) is 8. The summed E-state index contributed by atoms with van der Waals surface area (Å²) in [7, 11) is 0.201. The van der Waals surface area contributed by atoms with Crippen LogP contribution in [0, 0.1) is 17.3 Å². The van der Waals surface area contributed by atoms with Crippen molar-refractivity contribution in [1.29, 1.82) is 0 Å². The van der Waals surface area contributed by atoms with Crippen LogP contribution in [0.25, 0.3) is 0 Å². The molecule has 7 atom stereocenters. The highest BCUT2D eigenvalue weighted by Crippen LogP contribution is 2.64. The smallest absolute Gasteiger partial charge is 0.481 e. The Hall–Kier alpha value is -4.42. The average Bonchev–Trinajstić information content (AvgIpc) is 3.65. The summed E-state index contributed by atoms with van der Waals surface area (Å²) in [5.41, 5.74) is -3.62. The summed E-state index contributed by atoms with van der Waals surface area (Å²) in [4.78, 5) is 46.5. The van der Waals surface area contributed by atoms with E-state index in [1.165, 1.54) is 25.3 Å². The summed E-state index contributed by atoms with van der Waals surface area (Å²) >= 11 is 6.14. The van der Waals surface area contributed by atoms with Crippen molar-refractivity contribution in [2.24, 2.45) is 17.3 Å². The quantitative estimate of drug-likeness (QED) is 0.121. The molecular formula is C38H43BClF5N6O6. The number of urea groups is 1. The lowest BCUT2D eigenvalue weighted by Crippen LogP contribution is -2.63. The van der Waals surface area contributed by atoms with E-state index in [-0.39, 0.29) is 53.2 Å². The second kappa shape index (κ2) is 14.8. The number of fused-ring (bicyclic) bond motifs is 1. The van der Waals surface area contributed by atoms with Crippen molar-refractivity contribution in [1.82, 2.24) is 20.2 Å². The SMILES string of the molecule is COc1ccc(Cl)cc1NC(=O)N[C@]1(C)C[C@@H](C(=O)N[C@@H](CC(F)F)B2O[C@@H]3C4CC(C[C@]3(C)O2)C4(C)C)n2c1ncc(NCc1cccc(C(F)(F)F)c1)c2=O. The number of carbonyl (C=O) groups is 2. The number of rotatable bonds is 11. The Morgan fingerprint density at radius 1 is 1.11 bits per heavy atom. The van der Waals surface area contributed by atoms with E-state index in [4.69, 9.17) is 25.6 Å². The van der Waals surface area contributed by atoms with E-state index in [0.717, 1.165) is 29.3 Å². The maximum Gasteiger partial charge on any atom is 0.481 e. The monoisotopic (exact) mass is 820 g/mol. The van der Waals surface area contributed by atoms with Crippen LogP contribution < -0.4 is 31.6 Å². The second-order valence-electron chi connectivity index (χ2n) is 16.4. The number of anilines is 2. The van der Waals surface area contributed by atoms with E-state index in [1.807, 2.05) is 6.92 Å². The number of carbonyl (C=O) groups excluding carboxylic acids is 2. The average molecular weight is 821 g/mol. The van der Waals surface area contributed by atoms with Crippen molar-refractivity contribution in [2.45, 2.75) is 102 Å². The number of nitrogens with one attached hydrogen (secondary N) is 4. The molecule has 3 aliphatic carbocycles. The van der Waals surface area contributed by atoms with Crippen LogP contribution in [0.1, 0.15) is 76.4 Å². The van der Waals surface area contributed by atoms with Crippen molar-refractivity contribution in [2.75, 3.05) is 17.7 Å². The molecule has 4 N–H and O–H groups in total. The summed E-state index contributed by atoms with van der Waals surface area (Å²) < 4.78 is 87.6. The Kier molecular flexibility index (Phi) is 10.6. The van der Waals surface area contributed by atoms with Gasteiger partial charge in [-0.2, -0.15) is 13.2 Å². The molecule has 0 spiro atoms. The van der Waals surface area contributed by atoms with Crippen molar-refractivity contribution in [3.05, 3.63) is 81.0 Å². The highest BCUT2D eigenvalue weighted by atomic mass is 35.5. The number of hydrogen-bond donors (Lipinski definition) is 4. The lowest BCUT2D eigenvalue weighted by molar-refractivity contribution is -0.185. The Morgan fingerprint density at radius 3 is 2.54 bits per heavy atom. The van der Waals surface area contributed by atoms with Crippen LogP contribution in [0.3, 0.4) is 0 Å². The van der Waals surface area contributed by atoms with E-state index in [0.29, 0.717) is 23.1 Å². The minimum Gasteiger partial charge on any atom is -0.495 e. The third-order valence-corrected chi connectivity index (χ3v) is 12.4. The van der Waals surface area contributed by atoms with Gasteiger partial charge in [-0.05, 0) is 79.8 Å². The zero-order valence-corrected chi connectivity index (χ0v) is 32.6. The number of aromatic nitrogens is 2. The number of alkyl halides is 5. The Bertz CT molecular complexity index is 2130. The van der Waals surface area contributed by atoms with Crippen LogP contribution >= 0.6 is 11.6 Å². The van der Waals surface area contributed by atoms with E-state index in [1.54, 1.807) is 19.1 Å². The molecule has 3 heterocycles. The van der Waals surface area contributed by atoms with Crippen molar-refractivity contribution < 1.29 is 45.6 Å². The first-order valence-electron chi connectivity index (χ1n) is 18.6. The van der Waals surface area contributed by atoms with E-state index >= 15 is 0 Å². The third kappa shape index (κ3) is 7.67. The molecule has 2 aromatic carbocycles. The molecular weight excluding hydrogens is 778 g/mol. The standard InChI is InChI=1S/C38H43BClF5N6O6/c1-35(2)21-12-23(35)30-37(4,15-21)57-39(56-30)28(14-29(41)42)49-31(52)26-16-36(3,50-34(54)48-24-13-22(40)9-10-27(24)55-5)33-47-18-25(32(53)51(26)33)46-17-19-7-6-8-20(11-19)38(43,44)45/h6-11,13,18,21,23,26,28-30,46H,12,14-17H2,1-5H3,(H,49,52)(H2,48,50,54)/t21?,23?,26-,28-,30+,36+,37-/m0/s1. The van der Waals surface area contributed by atoms with Gasteiger partial charge < -0.3 is 35.3 Å². The zero-order valence-electron chi connectivity index (χ0n) is 31.8. The van der Waals surface area contributed by atoms with Crippen molar-refractivity contribution >= 4 is 42.0 Å².